The van der Waals surface area contributed by atoms with E-state index in [1.807, 2.05) is 18.2 Å². The van der Waals surface area contributed by atoms with Crippen molar-refractivity contribution in [3.05, 3.63) is 39.4 Å². The molecule has 7 heteroatoms. The van der Waals surface area contributed by atoms with E-state index in [-0.39, 0.29) is 41.5 Å². The Balaban J connectivity index is 1.69. The van der Waals surface area contributed by atoms with E-state index in [1.54, 1.807) is 13.2 Å². The van der Waals surface area contributed by atoms with E-state index in [4.69, 9.17) is 17.0 Å². The molecule has 1 aromatic heterocycles. The number of benzene rings is 1. The number of amides is 1. The summed E-state index contributed by atoms with van der Waals surface area (Å²) in [5.41, 5.74) is 0.156. The van der Waals surface area contributed by atoms with Crippen LogP contribution in [-0.2, 0) is 16.1 Å². The van der Waals surface area contributed by atoms with Gasteiger partial charge in [0, 0.05) is 31.5 Å². The summed E-state index contributed by atoms with van der Waals surface area (Å²) in [6, 6.07) is 7.28. The van der Waals surface area contributed by atoms with Gasteiger partial charge >= 0.3 is 0 Å². The molecule has 1 aromatic carbocycles. The number of nitrogens with zero attached hydrogens (tertiary/aromatic N) is 1. The Kier molecular flexibility index (Phi) is 4.79. The van der Waals surface area contributed by atoms with Crippen molar-refractivity contribution in [3.63, 3.8) is 0 Å². The van der Waals surface area contributed by atoms with E-state index < -0.39 is 0 Å². The fraction of sp³-hybridized carbons (Fsp3) is 0.526. The quantitative estimate of drug-likeness (QED) is 0.788. The minimum absolute atomic E-state index is 0.0582. The minimum atomic E-state index is -0.233. The summed E-state index contributed by atoms with van der Waals surface area (Å²) in [5, 5.41) is 3.63. The predicted octanol–water partition coefficient (Wildman–Crippen LogP) is 2.77. The molecule has 2 N–H and O–H groups in total. The lowest BCUT2D eigenvalue weighted by atomic mass is 9.56. The average Bonchev–Trinajstić information content (AvgIpc) is 2.60. The number of carbonyl (C=O) groups excluding carboxylic acids is 1. The van der Waals surface area contributed by atoms with E-state index in [2.05, 4.69) is 31.1 Å². The zero-order chi connectivity index (χ0) is 19.1. The molecule has 1 saturated carbocycles. The molecule has 2 atom stereocenters. The molecule has 1 fully saturated rings. The number of nitrogens with one attached hydrogen (secondary N) is 2. The van der Waals surface area contributed by atoms with Crippen LogP contribution in [0.2, 0.25) is 0 Å². The molecule has 0 aliphatic heterocycles. The standard InChI is InChI=1S/C19H25N3O3S/c1-18(2)14(11-19(18,3)25-4)21-15(23)9-10-22-16(24)12-7-5-6-8-13(12)20-17(22)26/h5-8,14H,9-11H2,1-4H3,(H,20,26)(H,21,23)/t14-,19-/m1/s1. The van der Waals surface area contributed by atoms with Crippen LogP contribution in [0.5, 0.6) is 0 Å². The largest absolute Gasteiger partial charge is 0.378 e. The van der Waals surface area contributed by atoms with Crippen LogP contribution in [0.25, 0.3) is 10.9 Å². The Morgan fingerprint density at radius 3 is 2.73 bits per heavy atom. The van der Waals surface area contributed by atoms with Crippen molar-refractivity contribution in [3.8, 4) is 0 Å². The number of methoxy groups -OCH3 is 1. The number of hydrogen-bond acceptors (Lipinski definition) is 4. The lowest BCUT2D eigenvalue weighted by Crippen LogP contribution is -2.68. The van der Waals surface area contributed by atoms with Gasteiger partial charge in [-0.1, -0.05) is 26.0 Å². The monoisotopic (exact) mass is 375 g/mol. The molecule has 1 amide bonds. The third-order valence-corrected chi connectivity index (χ3v) is 6.39. The Bertz CT molecular complexity index is 962. The summed E-state index contributed by atoms with van der Waals surface area (Å²) in [6.45, 7) is 6.49. The van der Waals surface area contributed by atoms with Crippen LogP contribution in [-0.4, -0.2) is 34.2 Å². The third-order valence-electron chi connectivity index (χ3n) is 6.07. The van der Waals surface area contributed by atoms with E-state index in [9.17, 15) is 9.59 Å². The van der Waals surface area contributed by atoms with Crippen LogP contribution in [0.1, 0.15) is 33.6 Å². The van der Waals surface area contributed by atoms with Gasteiger partial charge in [0.15, 0.2) is 4.77 Å². The second kappa shape index (κ2) is 6.63. The number of hydrogen-bond donors (Lipinski definition) is 2. The highest BCUT2D eigenvalue weighted by Crippen LogP contribution is 2.51. The van der Waals surface area contributed by atoms with Gasteiger partial charge < -0.3 is 15.0 Å². The van der Waals surface area contributed by atoms with Gasteiger partial charge in [-0.25, -0.2) is 0 Å². The maximum absolute atomic E-state index is 12.6. The minimum Gasteiger partial charge on any atom is -0.378 e. The zero-order valence-electron chi connectivity index (χ0n) is 15.6. The predicted molar refractivity (Wildman–Crippen MR) is 104 cm³/mol. The van der Waals surface area contributed by atoms with Crippen LogP contribution >= 0.6 is 12.2 Å². The van der Waals surface area contributed by atoms with E-state index in [0.29, 0.717) is 15.7 Å². The molecule has 1 aliphatic rings. The smallest absolute Gasteiger partial charge is 0.262 e. The van der Waals surface area contributed by atoms with Crippen LogP contribution in [0.3, 0.4) is 0 Å². The van der Waals surface area contributed by atoms with Crippen molar-refractivity contribution in [2.45, 2.75) is 51.8 Å². The Labute approximate surface area is 157 Å². The maximum Gasteiger partial charge on any atom is 0.262 e. The normalized spacial score (nSPS) is 24.2. The van der Waals surface area contributed by atoms with Crippen LogP contribution in [0.15, 0.2) is 29.1 Å². The fourth-order valence-electron chi connectivity index (χ4n) is 3.60. The highest BCUT2D eigenvalue weighted by molar-refractivity contribution is 7.71. The topological polar surface area (TPSA) is 76.1 Å². The summed E-state index contributed by atoms with van der Waals surface area (Å²) in [5.74, 6) is -0.0873. The number of rotatable bonds is 5. The van der Waals surface area contributed by atoms with Gasteiger partial charge in [0.05, 0.1) is 16.5 Å². The first kappa shape index (κ1) is 18.8. The summed E-state index contributed by atoms with van der Waals surface area (Å²) in [4.78, 5) is 28.0. The molecule has 2 aromatic rings. The van der Waals surface area contributed by atoms with Gasteiger partial charge in [0.1, 0.15) is 0 Å². The van der Waals surface area contributed by atoms with Crippen LogP contribution < -0.4 is 10.9 Å². The maximum atomic E-state index is 12.6. The van der Waals surface area contributed by atoms with Gasteiger partial charge in [-0.2, -0.15) is 0 Å². The molecule has 0 radical (unpaired) electrons. The Morgan fingerprint density at radius 1 is 1.38 bits per heavy atom. The second-order valence-electron chi connectivity index (χ2n) is 7.66. The lowest BCUT2D eigenvalue weighted by Gasteiger charge is -2.59. The molecular formula is C19H25N3O3S. The summed E-state index contributed by atoms with van der Waals surface area (Å²) in [6.07, 6.45) is 0.976. The number of para-hydroxylation sites is 1. The first-order valence-electron chi connectivity index (χ1n) is 8.76. The molecule has 140 valence electrons. The van der Waals surface area contributed by atoms with E-state index in [0.717, 1.165) is 6.42 Å². The van der Waals surface area contributed by atoms with E-state index in [1.165, 1.54) is 4.57 Å². The number of ether oxygens (including phenoxy) is 1. The van der Waals surface area contributed by atoms with Crippen molar-refractivity contribution >= 4 is 29.0 Å². The number of H-pyrrole nitrogens is 1. The van der Waals surface area contributed by atoms with Gasteiger partial charge in [-0.3, -0.25) is 14.2 Å². The van der Waals surface area contributed by atoms with Crippen LogP contribution in [0.4, 0.5) is 0 Å². The molecule has 0 bridgehead atoms. The molecule has 0 saturated heterocycles. The van der Waals surface area contributed by atoms with Gasteiger partial charge in [0.2, 0.25) is 5.91 Å². The average molecular weight is 375 g/mol. The van der Waals surface area contributed by atoms with E-state index >= 15 is 0 Å². The molecule has 26 heavy (non-hydrogen) atoms. The van der Waals surface area contributed by atoms with Crippen molar-refractivity contribution in [1.82, 2.24) is 14.9 Å². The summed E-state index contributed by atoms with van der Waals surface area (Å²) < 4.78 is 7.37. The Hall–Kier alpha value is -1.99. The number of fused-ring (bicyclic) bond motifs is 1. The highest BCUT2D eigenvalue weighted by atomic mass is 32.1. The van der Waals surface area contributed by atoms with Crippen molar-refractivity contribution in [2.75, 3.05) is 7.11 Å². The van der Waals surface area contributed by atoms with Gasteiger partial charge in [0.25, 0.3) is 5.56 Å². The van der Waals surface area contributed by atoms with Crippen molar-refractivity contribution in [1.29, 1.82) is 0 Å². The zero-order valence-corrected chi connectivity index (χ0v) is 16.4. The number of aromatic nitrogens is 2. The lowest BCUT2D eigenvalue weighted by molar-refractivity contribution is -0.182. The molecule has 6 nitrogen and oxygen atoms in total. The second-order valence-corrected chi connectivity index (χ2v) is 8.05. The SMILES string of the molecule is CO[C@]1(C)C[C@@H](NC(=O)CCn2c(=S)[nH]c3ccccc3c2=O)C1(C)C. The van der Waals surface area contributed by atoms with Crippen molar-refractivity contribution in [2.24, 2.45) is 5.41 Å². The summed E-state index contributed by atoms with van der Waals surface area (Å²) in [7, 11) is 1.70. The molecule has 1 aliphatic carbocycles. The Morgan fingerprint density at radius 2 is 2.08 bits per heavy atom. The number of carbonyl (C=O) groups is 1. The fourth-order valence-corrected chi connectivity index (χ4v) is 3.89. The molecular weight excluding hydrogens is 350 g/mol. The van der Waals surface area contributed by atoms with Crippen LogP contribution in [0, 0.1) is 10.2 Å². The first-order chi connectivity index (χ1) is 12.2. The van der Waals surface area contributed by atoms with Crippen molar-refractivity contribution < 1.29 is 9.53 Å². The molecule has 1 heterocycles. The summed E-state index contributed by atoms with van der Waals surface area (Å²) >= 11 is 5.28. The first-order valence-corrected chi connectivity index (χ1v) is 9.17. The molecule has 0 spiro atoms. The number of aromatic amines is 1. The van der Waals surface area contributed by atoms with Gasteiger partial charge in [-0.05, 0) is 37.7 Å². The highest BCUT2D eigenvalue weighted by Gasteiger charge is 2.58. The van der Waals surface area contributed by atoms with Gasteiger partial charge in [-0.15, -0.1) is 0 Å². The molecule has 0 unspecified atom stereocenters. The molecule has 3 rings (SSSR count). The third kappa shape index (κ3) is 2.99.